The molecule has 1 aliphatic carbocycles. The lowest BCUT2D eigenvalue weighted by atomic mass is 9.80. The molecule has 6 heteroatoms. The van der Waals surface area contributed by atoms with Crippen LogP contribution in [-0.4, -0.2) is 42.2 Å². The third-order valence-electron chi connectivity index (χ3n) is 4.37. The lowest BCUT2D eigenvalue weighted by Crippen LogP contribution is -2.59. The Labute approximate surface area is 117 Å². The van der Waals surface area contributed by atoms with Crippen LogP contribution in [0, 0.1) is 11.8 Å². The van der Waals surface area contributed by atoms with Crippen LogP contribution in [0.2, 0.25) is 0 Å². The van der Waals surface area contributed by atoms with Crippen LogP contribution in [0.25, 0.3) is 0 Å². The first-order valence-electron chi connectivity index (χ1n) is 7.29. The lowest BCUT2D eigenvalue weighted by Gasteiger charge is -2.41. The molecule has 0 spiro atoms. The van der Waals surface area contributed by atoms with E-state index < -0.39 is 18.0 Å². The molecular formula is C14H23F3N2O. The predicted octanol–water partition coefficient (Wildman–Crippen LogP) is 2.57. The zero-order chi connectivity index (χ0) is 15.0. The smallest absolute Gasteiger partial charge is 0.339 e. The number of carbonyl (C=O) groups excluding carboxylic acids is 1. The Hall–Kier alpha value is -0.780. The Morgan fingerprint density at radius 2 is 2.00 bits per heavy atom. The molecule has 1 aliphatic heterocycles. The van der Waals surface area contributed by atoms with Gasteiger partial charge in [-0.1, -0.05) is 6.42 Å². The molecule has 0 radical (unpaired) electrons. The van der Waals surface area contributed by atoms with Crippen molar-refractivity contribution in [1.29, 1.82) is 0 Å². The summed E-state index contributed by atoms with van der Waals surface area (Å²) in [6, 6.07) is 0. The van der Waals surface area contributed by atoms with Gasteiger partial charge in [0.15, 0.2) is 0 Å². The van der Waals surface area contributed by atoms with Crippen molar-refractivity contribution in [2.75, 3.05) is 19.6 Å². The molecule has 0 bridgehead atoms. The fraction of sp³-hybridized carbons (Fsp3) is 0.929. The predicted molar refractivity (Wildman–Crippen MR) is 70.2 cm³/mol. The van der Waals surface area contributed by atoms with Gasteiger partial charge in [-0.25, -0.2) is 0 Å². The highest BCUT2D eigenvalue weighted by atomic mass is 19.4. The van der Waals surface area contributed by atoms with E-state index in [4.69, 9.17) is 0 Å². The van der Waals surface area contributed by atoms with Gasteiger partial charge in [-0.15, -0.1) is 0 Å². The summed E-state index contributed by atoms with van der Waals surface area (Å²) >= 11 is 0. The molecule has 2 atom stereocenters. The third kappa shape index (κ3) is 3.65. The second kappa shape index (κ2) is 5.54. The van der Waals surface area contributed by atoms with Crippen LogP contribution in [-0.2, 0) is 4.79 Å². The summed E-state index contributed by atoms with van der Waals surface area (Å²) < 4.78 is 38.4. The fourth-order valence-corrected chi connectivity index (χ4v) is 3.30. The maximum atomic E-state index is 12.8. The third-order valence-corrected chi connectivity index (χ3v) is 4.37. The topological polar surface area (TPSA) is 32.3 Å². The number of rotatable bonds is 1. The van der Waals surface area contributed by atoms with Crippen LogP contribution in [0.15, 0.2) is 0 Å². The fourth-order valence-electron chi connectivity index (χ4n) is 3.30. The average Bonchev–Trinajstić information content (AvgIpc) is 2.36. The number of piperazine rings is 1. The van der Waals surface area contributed by atoms with Crippen LogP contribution < -0.4 is 5.32 Å². The van der Waals surface area contributed by atoms with E-state index in [0.717, 1.165) is 0 Å². The van der Waals surface area contributed by atoms with Crippen molar-refractivity contribution in [3.63, 3.8) is 0 Å². The number of halogens is 3. The molecule has 0 aromatic carbocycles. The van der Waals surface area contributed by atoms with Gasteiger partial charge in [-0.05, 0) is 33.1 Å². The number of nitrogens with zero attached hydrogens (tertiary/aromatic N) is 1. The highest BCUT2D eigenvalue weighted by Crippen LogP contribution is 2.40. The Morgan fingerprint density at radius 1 is 1.30 bits per heavy atom. The van der Waals surface area contributed by atoms with E-state index in [0.29, 0.717) is 32.5 Å². The van der Waals surface area contributed by atoms with Crippen molar-refractivity contribution in [3.05, 3.63) is 0 Å². The number of hydrogen-bond acceptors (Lipinski definition) is 2. The first-order chi connectivity index (χ1) is 9.19. The van der Waals surface area contributed by atoms with Crippen LogP contribution >= 0.6 is 0 Å². The molecule has 1 N–H and O–H groups in total. The van der Waals surface area contributed by atoms with Crippen LogP contribution in [0.1, 0.15) is 39.5 Å². The minimum absolute atomic E-state index is 0.0350. The van der Waals surface area contributed by atoms with E-state index in [-0.39, 0.29) is 24.3 Å². The molecule has 0 aromatic rings. The van der Waals surface area contributed by atoms with E-state index in [2.05, 4.69) is 5.32 Å². The SMILES string of the molecule is CC1(C)CN(C(=O)C2CCCC(C(F)(F)F)C2)CCN1. The standard InChI is InChI=1S/C14H23F3N2O/c1-13(2)9-19(7-6-18-13)12(20)10-4-3-5-11(8-10)14(15,16)17/h10-11,18H,3-9H2,1-2H3. The van der Waals surface area contributed by atoms with Gasteiger partial charge >= 0.3 is 6.18 Å². The summed E-state index contributed by atoms with van der Waals surface area (Å²) in [5.74, 6) is -1.85. The van der Waals surface area contributed by atoms with Crippen molar-refractivity contribution in [1.82, 2.24) is 10.2 Å². The van der Waals surface area contributed by atoms with Gasteiger partial charge in [0.1, 0.15) is 0 Å². The zero-order valence-electron chi connectivity index (χ0n) is 12.1. The quantitative estimate of drug-likeness (QED) is 0.805. The summed E-state index contributed by atoms with van der Waals surface area (Å²) in [5.41, 5.74) is -0.161. The zero-order valence-corrected chi connectivity index (χ0v) is 12.1. The van der Waals surface area contributed by atoms with Gasteiger partial charge in [-0.2, -0.15) is 13.2 Å². The normalized spacial score (nSPS) is 31.1. The molecule has 2 rings (SSSR count). The van der Waals surface area contributed by atoms with Crippen molar-refractivity contribution in [2.45, 2.75) is 51.2 Å². The largest absolute Gasteiger partial charge is 0.391 e. The molecular weight excluding hydrogens is 269 g/mol. The molecule has 2 unspecified atom stereocenters. The van der Waals surface area contributed by atoms with E-state index >= 15 is 0 Å². The highest BCUT2D eigenvalue weighted by Gasteiger charge is 2.44. The molecule has 20 heavy (non-hydrogen) atoms. The Kier molecular flexibility index (Phi) is 4.33. The van der Waals surface area contributed by atoms with Crippen LogP contribution in [0.4, 0.5) is 13.2 Å². The number of hydrogen-bond donors (Lipinski definition) is 1. The maximum Gasteiger partial charge on any atom is 0.391 e. The number of nitrogens with one attached hydrogen (secondary N) is 1. The lowest BCUT2D eigenvalue weighted by molar-refractivity contribution is -0.187. The van der Waals surface area contributed by atoms with Gasteiger partial charge in [0, 0.05) is 31.1 Å². The second-order valence-corrected chi connectivity index (χ2v) is 6.67. The number of alkyl halides is 3. The molecule has 3 nitrogen and oxygen atoms in total. The molecule has 116 valence electrons. The van der Waals surface area contributed by atoms with Gasteiger partial charge < -0.3 is 10.2 Å². The molecule has 1 heterocycles. The Morgan fingerprint density at radius 3 is 2.60 bits per heavy atom. The highest BCUT2D eigenvalue weighted by molar-refractivity contribution is 5.79. The number of carbonyl (C=O) groups is 1. The summed E-state index contributed by atoms with van der Waals surface area (Å²) in [4.78, 5) is 14.2. The van der Waals surface area contributed by atoms with E-state index in [1.807, 2.05) is 13.8 Å². The molecule has 1 saturated carbocycles. The first kappa shape index (κ1) is 15.6. The van der Waals surface area contributed by atoms with Crippen LogP contribution in [0.3, 0.4) is 0 Å². The number of amides is 1. The molecule has 2 aliphatic rings. The first-order valence-corrected chi connectivity index (χ1v) is 7.29. The molecule has 1 amide bonds. The van der Waals surface area contributed by atoms with E-state index in [1.165, 1.54) is 0 Å². The maximum absolute atomic E-state index is 12.8. The summed E-state index contributed by atoms with van der Waals surface area (Å²) in [6.45, 7) is 5.88. The van der Waals surface area contributed by atoms with Gasteiger partial charge in [0.25, 0.3) is 0 Å². The Bertz CT molecular complexity index is 368. The van der Waals surface area contributed by atoms with E-state index in [1.54, 1.807) is 4.90 Å². The summed E-state index contributed by atoms with van der Waals surface area (Å²) in [6.07, 6.45) is -2.94. The minimum atomic E-state index is -4.17. The molecule has 1 saturated heterocycles. The summed E-state index contributed by atoms with van der Waals surface area (Å²) in [7, 11) is 0. The minimum Gasteiger partial charge on any atom is -0.339 e. The van der Waals surface area contributed by atoms with Gasteiger partial charge in [0.05, 0.1) is 5.92 Å². The van der Waals surface area contributed by atoms with Crippen molar-refractivity contribution < 1.29 is 18.0 Å². The molecule has 0 aromatic heterocycles. The summed E-state index contributed by atoms with van der Waals surface area (Å²) in [5, 5.41) is 3.31. The van der Waals surface area contributed by atoms with Gasteiger partial charge in [-0.3, -0.25) is 4.79 Å². The second-order valence-electron chi connectivity index (χ2n) is 6.67. The van der Waals surface area contributed by atoms with Crippen molar-refractivity contribution in [2.24, 2.45) is 11.8 Å². The average molecular weight is 292 g/mol. The van der Waals surface area contributed by atoms with Crippen molar-refractivity contribution in [3.8, 4) is 0 Å². The van der Waals surface area contributed by atoms with Gasteiger partial charge in [0.2, 0.25) is 5.91 Å². The monoisotopic (exact) mass is 292 g/mol. The molecule has 2 fully saturated rings. The van der Waals surface area contributed by atoms with E-state index in [9.17, 15) is 18.0 Å². The Balaban J connectivity index is 1.98. The van der Waals surface area contributed by atoms with Crippen molar-refractivity contribution >= 4 is 5.91 Å². The van der Waals surface area contributed by atoms with Crippen LogP contribution in [0.5, 0.6) is 0 Å².